The average molecular weight is 328 g/mol. The first-order valence-electron chi connectivity index (χ1n) is 7.73. The van der Waals surface area contributed by atoms with Crippen molar-refractivity contribution < 1.29 is 4.79 Å². The second-order valence-corrected chi connectivity index (χ2v) is 6.34. The fourth-order valence-electron chi connectivity index (χ4n) is 2.58. The van der Waals surface area contributed by atoms with Crippen LogP contribution in [0.2, 0.25) is 0 Å². The van der Waals surface area contributed by atoms with Crippen LogP contribution in [-0.4, -0.2) is 22.0 Å². The molecule has 0 saturated carbocycles. The molecule has 120 valence electrons. The van der Waals surface area contributed by atoms with Crippen LogP contribution in [0.25, 0.3) is 10.9 Å². The molecule has 0 aliphatic carbocycles. The lowest BCUT2D eigenvalue weighted by Gasteiger charge is -2.07. The van der Waals surface area contributed by atoms with E-state index in [9.17, 15) is 4.79 Å². The lowest BCUT2D eigenvalue weighted by molar-refractivity contribution is -0.121. The zero-order valence-corrected chi connectivity index (χ0v) is 13.7. The van der Waals surface area contributed by atoms with Gasteiger partial charge in [-0.15, -0.1) is 11.3 Å². The molecule has 2 aromatic heterocycles. The van der Waals surface area contributed by atoms with Gasteiger partial charge in [0.05, 0.1) is 5.69 Å². The minimum absolute atomic E-state index is 0.0638. The number of aromatic nitrogens is 2. The molecule has 3 rings (SSSR count). The quantitative estimate of drug-likeness (QED) is 0.655. The van der Waals surface area contributed by atoms with Crippen LogP contribution in [0.4, 0.5) is 5.13 Å². The molecule has 0 aliphatic heterocycles. The molecule has 0 aliphatic rings. The zero-order valence-electron chi connectivity index (χ0n) is 12.9. The number of anilines is 1. The van der Waals surface area contributed by atoms with Gasteiger partial charge in [0.2, 0.25) is 5.91 Å². The number of hydrogen-bond donors (Lipinski definition) is 2. The molecule has 23 heavy (non-hydrogen) atoms. The summed E-state index contributed by atoms with van der Waals surface area (Å²) in [7, 11) is 0. The number of benzene rings is 1. The summed E-state index contributed by atoms with van der Waals surface area (Å²) in [5.41, 5.74) is 7.70. The molecule has 0 bridgehead atoms. The van der Waals surface area contributed by atoms with Crippen molar-refractivity contribution >= 4 is 33.3 Å². The highest BCUT2D eigenvalue weighted by Gasteiger charge is 2.05. The first kappa shape index (κ1) is 15.6. The molecule has 0 spiro atoms. The minimum Gasteiger partial charge on any atom is -0.375 e. The van der Waals surface area contributed by atoms with Gasteiger partial charge < -0.3 is 15.6 Å². The number of carbonyl (C=O) groups excluding carboxylic acids is 1. The van der Waals surface area contributed by atoms with Gasteiger partial charge in [0.15, 0.2) is 5.13 Å². The van der Waals surface area contributed by atoms with E-state index < -0.39 is 0 Å². The maximum Gasteiger partial charge on any atom is 0.220 e. The Kier molecular flexibility index (Phi) is 4.92. The number of amides is 1. The van der Waals surface area contributed by atoms with E-state index in [0.717, 1.165) is 18.7 Å². The Labute approximate surface area is 139 Å². The van der Waals surface area contributed by atoms with Gasteiger partial charge >= 0.3 is 0 Å². The summed E-state index contributed by atoms with van der Waals surface area (Å²) in [6.07, 6.45) is 4.10. The third-order valence-electron chi connectivity index (χ3n) is 3.76. The molecular weight excluding hydrogens is 308 g/mol. The van der Waals surface area contributed by atoms with Crippen molar-refractivity contribution in [2.45, 2.75) is 25.8 Å². The van der Waals surface area contributed by atoms with E-state index in [1.54, 1.807) is 0 Å². The van der Waals surface area contributed by atoms with Gasteiger partial charge in [-0.3, -0.25) is 4.79 Å². The van der Waals surface area contributed by atoms with Crippen molar-refractivity contribution in [1.82, 2.24) is 14.9 Å². The van der Waals surface area contributed by atoms with Crippen LogP contribution in [0, 0.1) is 0 Å². The summed E-state index contributed by atoms with van der Waals surface area (Å²) in [5.74, 6) is 0.0638. The van der Waals surface area contributed by atoms with Crippen LogP contribution in [0.1, 0.15) is 18.5 Å². The van der Waals surface area contributed by atoms with Crippen LogP contribution >= 0.6 is 11.3 Å². The van der Waals surface area contributed by atoms with Crippen molar-refractivity contribution in [2.24, 2.45) is 0 Å². The van der Waals surface area contributed by atoms with Gasteiger partial charge in [-0.25, -0.2) is 4.98 Å². The van der Waals surface area contributed by atoms with Crippen LogP contribution in [0.3, 0.4) is 0 Å². The van der Waals surface area contributed by atoms with Gasteiger partial charge in [0, 0.05) is 36.6 Å². The van der Waals surface area contributed by atoms with E-state index in [1.165, 1.54) is 22.2 Å². The van der Waals surface area contributed by atoms with Gasteiger partial charge in [-0.1, -0.05) is 18.2 Å². The number of nitrogens with two attached hydrogens (primary N) is 1. The lowest BCUT2D eigenvalue weighted by atomic mass is 10.2. The van der Waals surface area contributed by atoms with Crippen LogP contribution in [0.15, 0.2) is 41.9 Å². The van der Waals surface area contributed by atoms with Crippen molar-refractivity contribution in [3.8, 4) is 0 Å². The SMILES string of the molecule is Nc1nc(CCC(=O)NCCCn2ccc3ccccc32)cs1. The monoisotopic (exact) mass is 328 g/mol. The largest absolute Gasteiger partial charge is 0.375 e. The average Bonchev–Trinajstić information content (AvgIpc) is 3.16. The normalized spacial score (nSPS) is 11.0. The number of nitrogens with one attached hydrogen (secondary N) is 1. The number of hydrogen-bond acceptors (Lipinski definition) is 4. The highest BCUT2D eigenvalue weighted by Crippen LogP contribution is 2.15. The number of aryl methyl sites for hydroxylation is 2. The molecule has 2 heterocycles. The molecule has 3 aromatic rings. The summed E-state index contributed by atoms with van der Waals surface area (Å²) in [4.78, 5) is 16.0. The maximum atomic E-state index is 11.8. The lowest BCUT2D eigenvalue weighted by Crippen LogP contribution is -2.25. The van der Waals surface area contributed by atoms with Crippen molar-refractivity contribution in [3.63, 3.8) is 0 Å². The second-order valence-electron chi connectivity index (χ2n) is 5.45. The Hall–Kier alpha value is -2.34. The third kappa shape index (κ3) is 4.10. The second kappa shape index (κ2) is 7.28. The molecule has 1 aromatic carbocycles. The first-order chi connectivity index (χ1) is 11.2. The summed E-state index contributed by atoms with van der Waals surface area (Å²) >= 11 is 1.41. The molecule has 6 heteroatoms. The number of para-hydroxylation sites is 1. The van der Waals surface area contributed by atoms with Gasteiger partial charge in [-0.2, -0.15) is 0 Å². The topological polar surface area (TPSA) is 72.9 Å². The zero-order chi connectivity index (χ0) is 16.1. The van der Waals surface area contributed by atoms with E-state index in [4.69, 9.17) is 5.73 Å². The summed E-state index contributed by atoms with van der Waals surface area (Å²) < 4.78 is 2.22. The predicted molar refractivity (Wildman–Crippen MR) is 94.4 cm³/mol. The Morgan fingerprint density at radius 1 is 1.30 bits per heavy atom. The summed E-state index contributed by atoms with van der Waals surface area (Å²) in [6.45, 7) is 1.58. The summed E-state index contributed by atoms with van der Waals surface area (Å²) in [6, 6.07) is 10.4. The van der Waals surface area contributed by atoms with E-state index in [2.05, 4.69) is 39.3 Å². The molecule has 0 unspecified atom stereocenters. The molecule has 1 amide bonds. The molecule has 3 N–H and O–H groups in total. The molecular formula is C17H20N4OS. The fraction of sp³-hybridized carbons (Fsp3) is 0.294. The molecule has 0 saturated heterocycles. The molecule has 0 radical (unpaired) electrons. The van der Waals surface area contributed by atoms with E-state index >= 15 is 0 Å². The Balaban J connectivity index is 1.38. The van der Waals surface area contributed by atoms with E-state index in [-0.39, 0.29) is 5.91 Å². The standard InChI is InChI=1S/C17H20N4OS/c18-17-20-14(12-23-17)6-7-16(22)19-9-3-10-21-11-8-13-4-1-2-5-15(13)21/h1-2,4-5,8,11-12H,3,6-7,9-10H2,(H2,18,20)(H,19,22). The van der Waals surface area contributed by atoms with Gasteiger partial charge in [0.25, 0.3) is 0 Å². The number of nitrogens with zero attached hydrogens (tertiary/aromatic N) is 2. The van der Waals surface area contributed by atoms with Crippen molar-refractivity contribution in [1.29, 1.82) is 0 Å². The third-order valence-corrected chi connectivity index (χ3v) is 4.48. The van der Waals surface area contributed by atoms with Crippen LogP contribution in [-0.2, 0) is 17.8 Å². The smallest absolute Gasteiger partial charge is 0.220 e. The predicted octanol–water partition coefficient (Wildman–Crippen LogP) is 2.82. The Morgan fingerprint density at radius 2 is 2.17 bits per heavy atom. The number of carbonyl (C=O) groups is 1. The minimum atomic E-state index is 0.0638. The molecule has 0 atom stereocenters. The Morgan fingerprint density at radius 3 is 3.00 bits per heavy atom. The highest BCUT2D eigenvalue weighted by molar-refractivity contribution is 7.13. The van der Waals surface area contributed by atoms with Crippen molar-refractivity contribution in [2.75, 3.05) is 12.3 Å². The number of rotatable bonds is 7. The molecule has 5 nitrogen and oxygen atoms in total. The Bertz CT molecular complexity index is 793. The highest BCUT2D eigenvalue weighted by atomic mass is 32.1. The van der Waals surface area contributed by atoms with Crippen LogP contribution < -0.4 is 11.1 Å². The first-order valence-corrected chi connectivity index (χ1v) is 8.61. The molecule has 0 fully saturated rings. The van der Waals surface area contributed by atoms with Crippen molar-refractivity contribution in [3.05, 3.63) is 47.6 Å². The summed E-state index contributed by atoms with van der Waals surface area (Å²) in [5, 5.41) is 6.67. The number of thiazole rings is 1. The fourth-order valence-corrected chi connectivity index (χ4v) is 3.18. The van der Waals surface area contributed by atoms with Gasteiger partial charge in [-0.05, 0) is 30.4 Å². The number of nitrogen functional groups attached to an aromatic ring is 1. The van der Waals surface area contributed by atoms with Gasteiger partial charge in [0.1, 0.15) is 0 Å². The van der Waals surface area contributed by atoms with E-state index in [1.807, 2.05) is 17.5 Å². The maximum absolute atomic E-state index is 11.8. The van der Waals surface area contributed by atoms with Crippen LogP contribution in [0.5, 0.6) is 0 Å². The number of fused-ring (bicyclic) bond motifs is 1. The van der Waals surface area contributed by atoms with E-state index in [0.29, 0.717) is 24.5 Å².